The van der Waals surface area contributed by atoms with E-state index in [9.17, 15) is 4.79 Å². The highest BCUT2D eigenvalue weighted by molar-refractivity contribution is 5.78. The number of carbonyl (C=O) groups is 1. The van der Waals surface area contributed by atoms with Crippen LogP contribution in [0, 0.1) is 18.3 Å². The SMILES string of the molecule is Cc1ccc2c(c1)OC(C)(C)[C@H]1CC3(CCN(C(=O)CN4CCOCC4)CC3)CO[C@H]21. The molecule has 31 heavy (non-hydrogen) atoms. The molecular formula is C25H36N2O4. The molecule has 3 fully saturated rings. The van der Waals surface area contributed by atoms with Gasteiger partial charge in [-0.1, -0.05) is 12.1 Å². The lowest BCUT2D eigenvalue weighted by Crippen LogP contribution is -2.55. The van der Waals surface area contributed by atoms with Gasteiger partial charge in [-0.3, -0.25) is 9.69 Å². The van der Waals surface area contributed by atoms with Crippen molar-refractivity contribution in [2.24, 2.45) is 11.3 Å². The minimum absolute atomic E-state index is 0.103. The topological polar surface area (TPSA) is 51.2 Å². The highest BCUT2D eigenvalue weighted by Crippen LogP contribution is 2.55. The Kier molecular flexibility index (Phi) is 5.51. The Morgan fingerprint density at radius 3 is 2.61 bits per heavy atom. The van der Waals surface area contributed by atoms with Crippen molar-refractivity contribution in [3.8, 4) is 5.75 Å². The minimum Gasteiger partial charge on any atom is -0.487 e. The summed E-state index contributed by atoms with van der Waals surface area (Å²) < 4.78 is 18.5. The molecule has 5 rings (SSSR count). The van der Waals surface area contributed by atoms with Gasteiger partial charge in [0.1, 0.15) is 11.4 Å². The largest absolute Gasteiger partial charge is 0.487 e. The summed E-state index contributed by atoms with van der Waals surface area (Å²) in [6.45, 7) is 12.7. The lowest BCUT2D eigenvalue weighted by atomic mass is 9.64. The van der Waals surface area contributed by atoms with Crippen molar-refractivity contribution in [2.75, 3.05) is 52.5 Å². The standard InChI is InChI=1S/C25H36N2O4/c1-18-4-5-19-21(14-18)31-24(2,3)20-15-25(17-30-23(19)20)6-8-27(9-7-25)22(28)16-26-10-12-29-13-11-26/h4-5,14,20,23H,6-13,15-17H2,1-3H3/t20-,23+/m0/s1. The van der Waals surface area contributed by atoms with Gasteiger partial charge in [-0.05, 0) is 57.1 Å². The van der Waals surface area contributed by atoms with Gasteiger partial charge in [-0.15, -0.1) is 0 Å². The summed E-state index contributed by atoms with van der Waals surface area (Å²) in [5.74, 6) is 1.56. The minimum atomic E-state index is -0.262. The smallest absolute Gasteiger partial charge is 0.236 e. The Labute approximate surface area is 185 Å². The molecule has 0 radical (unpaired) electrons. The molecule has 4 aliphatic rings. The molecule has 2 atom stereocenters. The molecule has 170 valence electrons. The van der Waals surface area contributed by atoms with Crippen LogP contribution in [-0.4, -0.2) is 73.9 Å². The summed E-state index contributed by atoms with van der Waals surface area (Å²) in [6, 6.07) is 6.48. The Hall–Kier alpha value is -1.63. The zero-order valence-corrected chi connectivity index (χ0v) is 19.2. The number of amides is 1. The van der Waals surface area contributed by atoms with E-state index in [1.807, 2.05) is 0 Å². The predicted molar refractivity (Wildman–Crippen MR) is 118 cm³/mol. The summed E-state index contributed by atoms with van der Waals surface area (Å²) in [5, 5.41) is 0. The van der Waals surface area contributed by atoms with E-state index in [1.54, 1.807) is 0 Å². The molecule has 0 aromatic heterocycles. The zero-order chi connectivity index (χ0) is 21.6. The molecule has 3 saturated heterocycles. The maximum Gasteiger partial charge on any atom is 0.236 e. The molecule has 1 spiro atoms. The first-order chi connectivity index (χ1) is 14.9. The number of carbonyl (C=O) groups excluding carboxylic acids is 1. The fraction of sp³-hybridized carbons (Fsp3) is 0.720. The van der Waals surface area contributed by atoms with Gasteiger partial charge in [0.15, 0.2) is 0 Å². The lowest BCUT2D eigenvalue weighted by molar-refractivity contribution is -0.176. The number of piperidine rings is 1. The van der Waals surface area contributed by atoms with E-state index in [1.165, 1.54) is 11.1 Å². The van der Waals surface area contributed by atoms with E-state index in [4.69, 9.17) is 14.2 Å². The summed E-state index contributed by atoms with van der Waals surface area (Å²) >= 11 is 0. The molecule has 0 saturated carbocycles. The fourth-order valence-corrected chi connectivity index (χ4v) is 5.89. The number of ether oxygens (including phenoxy) is 3. The molecule has 0 aliphatic carbocycles. The van der Waals surface area contributed by atoms with Gasteiger partial charge >= 0.3 is 0 Å². The number of hydrogen-bond donors (Lipinski definition) is 0. The molecule has 4 heterocycles. The van der Waals surface area contributed by atoms with Crippen LogP contribution in [0.1, 0.15) is 50.3 Å². The van der Waals surface area contributed by atoms with Gasteiger partial charge in [-0.2, -0.15) is 0 Å². The van der Waals surface area contributed by atoms with Crippen LogP contribution in [0.3, 0.4) is 0 Å². The van der Waals surface area contributed by atoms with Crippen molar-refractivity contribution >= 4 is 5.91 Å². The molecule has 1 aromatic carbocycles. The summed E-state index contributed by atoms with van der Waals surface area (Å²) in [6.07, 6.45) is 3.23. The highest BCUT2D eigenvalue weighted by Gasteiger charge is 2.52. The molecule has 1 aromatic rings. The maximum atomic E-state index is 12.8. The van der Waals surface area contributed by atoms with E-state index in [0.717, 1.165) is 71.0 Å². The Balaban J connectivity index is 1.24. The van der Waals surface area contributed by atoms with Crippen molar-refractivity contribution in [2.45, 2.75) is 51.7 Å². The third-order valence-electron chi connectivity index (χ3n) is 7.97. The molecule has 0 N–H and O–H groups in total. The average molecular weight is 429 g/mol. The van der Waals surface area contributed by atoms with Crippen molar-refractivity contribution < 1.29 is 19.0 Å². The Morgan fingerprint density at radius 2 is 1.87 bits per heavy atom. The monoisotopic (exact) mass is 428 g/mol. The van der Waals surface area contributed by atoms with Gasteiger partial charge in [0.25, 0.3) is 0 Å². The number of benzene rings is 1. The third-order valence-corrected chi connectivity index (χ3v) is 7.97. The number of rotatable bonds is 2. The number of fused-ring (bicyclic) bond motifs is 3. The second kappa shape index (κ2) is 8.05. The first-order valence-corrected chi connectivity index (χ1v) is 11.8. The fourth-order valence-electron chi connectivity index (χ4n) is 5.89. The van der Waals surface area contributed by atoms with E-state index in [2.05, 4.69) is 48.8 Å². The number of nitrogens with zero attached hydrogens (tertiary/aromatic N) is 2. The zero-order valence-electron chi connectivity index (χ0n) is 19.2. The Bertz CT molecular complexity index is 825. The maximum absolute atomic E-state index is 12.8. The quantitative estimate of drug-likeness (QED) is 0.724. The Morgan fingerprint density at radius 1 is 1.13 bits per heavy atom. The molecule has 0 unspecified atom stereocenters. The van der Waals surface area contributed by atoms with Crippen LogP contribution in [0.2, 0.25) is 0 Å². The van der Waals surface area contributed by atoms with Crippen LogP contribution in [0.4, 0.5) is 0 Å². The van der Waals surface area contributed by atoms with Gasteiger partial charge < -0.3 is 19.1 Å². The van der Waals surface area contributed by atoms with Crippen LogP contribution >= 0.6 is 0 Å². The van der Waals surface area contributed by atoms with Gasteiger partial charge in [0.05, 0.1) is 32.5 Å². The van der Waals surface area contributed by atoms with E-state index < -0.39 is 0 Å². The van der Waals surface area contributed by atoms with Crippen molar-refractivity contribution in [1.82, 2.24) is 9.80 Å². The molecule has 0 bridgehead atoms. The molecule has 6 heteroatoms. The average Bonchev–Trinajstić information content (AvgIpc) is 2.75. The number of likely N-dealkylation sites (tertiary alicyclic amines) is 1. The second-order valence-electron chi connectivity index (χ2n) is 10.6. The van der Waals surface area contributed by atoms with Gasteiger partial charge in [0, 0.05) is 37.7 Å². The van der Waals surface area contributed by atoms with Crippen LogP contribution in [0.15, 0.2) is 18.2 Å². The molecule has 4 aliphatic heterocycles. The van der Waals surface area contributed by atoms with Gasteiger partial charge in [-0.25, -0.2) is 0 Å². The molecule has 1 amide bonds. The van der Waals surface area contributed by atoms with E-state index in [-0.39, 0.29) is 23.0 Å². The second-order valence-corrected chi connectivity index (χ2v) is 10.6. The number of aryl methyl sites for hydroxylation is 1. The van der Waals surface area contributed by atoms with Crippen LogP contribution < -0.4 is 4.74 Å². The van der Waals surface area contributed by atoms with Crippen LogP contribution in [0.5, 0.6) is 5.75 Å². The number of morpholine rings is 1. The normalized spacial score (nSPS) is 29.7. The van der Waals surface area contributed by atoms with Gasteiger partial charge in [0.2, 0.25) is 5.91 Å². The van der Waals surface area contributed by atoms with E-state index in [0.29, 0.717) is 12.5 Å². The molecular weight excluding hydrogens is 392 g/mol. The van der Waals surface area contributed by atoms with Crippen molar-refractivity contribution in [3.63, 3.8) is 0 Å². The highest BCUT2D eigenvalue weighted by atomic mass is 16.5. The summed E-state index contributed by atoms with van der Waals surface area (Å²) in [4.78, 5) is 17.1. The molecule has 6 nitrogen and oxygen atoms in total. The predicted octanol–water partition coefficient (Wildman–Crippen LogP) is 3.18. The van der Waals surface area contributed by atoms with Crippen LogP contribution in [-0.2, 0) is 14.3 Å². The van der Waals surface area contributed by atoms with Crippen LogP contribution in [0.25, 0.3) is 0 Å². The first-order valence-electron chi connectivity index (χ1n) is 11.8. The first kappa shape index (κ1) is 21.2. The van der Waals surface area contributed by atoms with Crippen molar-refractivity contribution in [1.29, 1.82) is 0 Å². The summed E-state index contributed by atoms with van der Waals surface area (Å²) in [5.41, 5.74) is 2.30. The lowest BCUT2D eigenvalue weighted by Gasteiger charge is -2.54. The number of hydrogen-bond acceptors (Lipinski definition) is 5. The third kappa shape index (κ3) is 4.10. The van der Waals surface area contributed by atoms with E-state index >= 15 is 0 Å². The van der Waals surface area contributed by atoms with Crippen molar-refractivity contribution in [3.05, 3.63) is 29.3 Å². The summed E-state index contributed by atoms with van der Waals surface area (Å²) in [7, 11) is 0.